The number of aliphatic hydroxyl groups excluding tert-OH is 1. The molecule has 17 heavy (non-hydrogen) atoms. The van der Waals surface area contributed by atoms with E-state index in [0.717, 1.165) is 0 Å². The van der Waals surface area contributed by atoms with Gasteiger partial charge in [-0.05, 0) is 17.7 Å². The molecule has 0 spiro atoms. The third-order valence-electron chi connectivity index (χ3n) is 1.85. The normalized spacial score (nSPS) is 10.7. The van der Waals surface area contributed by atoms with Crippen LogP contribution in [0.4, 0.5) is 5.69 Å². The average molecular weight is 264 g/mol. The van der Waals surface area contributed by atoms with Gasteiger partial charge in [0.1, 0.15) is 0 Å². The number of benzene rings is 1. The number of sulfonamides is 1. The van der Waals surface area contributed by atoms with Gasteiger partial charge in [0.2, 0.25) is 10.0 Å². The summed E-state index contributed by atoms with van der Waals surface area (Å²) in [5.74, 6) is -0.192. The first-order valence-electron chi connectivity index (χ1n) is 4.64. The predicted molar refractivity (Wildman–Crippen MR) is 63.2 cm³/mol. The Morgan fingerprint density at radius 3 is 2.59 bits per heavy atom. The Hall–Kier alpha value is -1.19. The van der Waals surface area contributed by atoms with Gasteiger partial charge in [0, 0.05) is 6.54 Å². The Morgan fingerprint density at radius 2 is 2.00 bits per heavy atom. The summed E-state index contributed by atoms with van der Waals surface area (Å²) >= 11 is 0. The summed E-state index contributed by atoms with van der Waals surface area (Å²) in [6, 6.07) is 6.41. The molecule has 6 N–H and O–H groups in total. The molecule has 0 radical (unpaired) electrons. The highest BCUT2D eigenvalue weighted by atomic mass is 32.2. The molecule has 0 fully saturated rings. The minimum absolute atomic E-state index is 0. The van der Waals surface area contributed by atoms with Crippen molar-refractivity contribution in [2.75, 3.05) is 18.6 Å². The van der Waals surface area contributed by atoms with Gasteiger partial charge in [-0.3, -0.25) is 10.7 Å². The quantitative estimate of drug-likeness (QED) is 0.493. The Labute approximate surface area is 99.4 Å². The number of nitrogens with one attached hydrogen (secondary N) is 2. The Kier molecular flexibility index (Phi) is 6.69. The lowest BCUT2D eigenvalue weighted by Crippen LogP contribution is -2.27. The monoisotopic (exact) mass is 264 g/mol. The van der Waals surface area contributed by atoms with Gasteiger partial charge < -0.3 is 10.6 Å². The summed E-state index contributed by atoms with van der Waals surface area (Å²) in [5.41, 5.74) is 2.91. The smallest absolute Gasteiger partial charge is 0.215 e. The number of anilines is 1. The highest BCUT2D eigenvalue weighted by Crippen LogP contribution is 2.11. The van der Waals surface area contributed by atoms with Crippen molar-refractivity contribution in [3.63, 3.8) is 0 Å². The Bertz CT molecular complexity index is 435. The molecule has 98 valence electrons. The molecule has 0 unspecified atom stereocenters. The largest absolute Gasteiger partial charge is 0.412 e. The second-order valence-electron chi connectivity index (χ2n) is 3.19. The van der Waals surface area contributed by atoms with Gasteiger partial charge in [0.25, 0.3) is 0 Å². The van der Waals surface area contributed by atoms with Crippen molar-refractivity contribution in [2.24, 2.45) is 0 Å². The molecule has 0 bridgehead atoms. The van der Waals surface area contributed by atoms with Crippen LogP contribution < -0.4 is 10.2 Å². The number of hydrogen-bond acceptors (Lipinski definition) is 5. The van der Waals surface area contributed by atoms with Crippen LogP contribution in [0.2, 0.25) is 0 Å². The van der Waals surface area contributed by atoms with Crippen molar-refractivity contribution in [3.8, 4) is 0 Å². The van der Waals surface area contributed by atoms with E-state index in [1.54, 1.807) is 18.2 Å². The summed E-state index contributed by atoms with van der Waals surface area (Å²) in [4.78, 5) is 0. The molecule has 0 aliphatic carbocycles. The number of hydrogen-bond donors (Lipinski definition) is 4. The topological polar surface area (TPSA) is 130 Å². The van der Waals surface area contributed by atoms with Crippen LogP contribution in [0.5, 0.6) is 0 Å². The first-order valence-corrected chi connectivity index (χ1v) is 6.30. The molecule has 1 rings (SSSR count). The first-order chi connectivity index (χ1) is 7.57. The van der Waals surface area contributed by atoms with Crippen LogP contribution in [0.1, 0.15) is 5.56 Å². The summed E-state index contributed by atoms with van der Waals surface area (Å²) in [6.07, 6.45) is 0. The lowest BCUT2D eigenvalue weighted by atomic mass is 10.2. The third-order valence-corrected chi connectivity index (χ3v) is 3.20. The number of rotatable bonds is 6. The van der Waals surface area contributed by atoms with Crippen LogP contribution in [0.3, 0.4) is 0 Å². The fraction of sp³-hybridized carbons (Fsp3) is 0.333. The van der Waals surface area contributed by atoms with Crippen molar-refractivity contribution in [1.29, 1.82) is 0 Å². The molecule has 0 amide bonds. The number of aliphatic hydroxyl groups is 1. The molecule has 0 aliphatic heterocycles. The van der Waals surface area contributed by atoms with Crippen LogP contribution in [0.25, 0.3) is 0 Å². The standard InChI is InChI=1S/C9H14N2O4S.H2O/c12-5-4-10-16(14,15)7-8-2-1-3-9(6-8)11-13;/h1-3,6,10-13H,4-5,7H2;1H2. The second-order valence-corrected chi connectivity index (χ2v) is 5.00. The van der Waals surface area contributed by atoms with Crippen LogP contribution >= 0.6 is 0 Å². The fourth-order valence-corrected chi connectivity index (χ4v) is 2.32. The van der Waals surface area contributed by atoms with E-state index in [1.807, 2.05) is 5.48 Å². The maximum Gasteiger partial charge on any atom is 0.215 e. The summed E-state index contributed by atoms with van der Waals surface area (Å²) in [6.45, 7) is -0.238. The maximum atomic E-state index is 11.5. The van der Waals surface area contributed by atoms with Gasteiger partial charge >= 0.3 is 0 Å². The van der Waals surface area contributed by atoms with Crippen molar-refractivity contribution in [1.82, 2.24) is 4.72 Å². The zero-order valence-electron chi connectivity index (χ0n) is 9.05. The first kappa shape index (κ1) is 15.8. The van der Waals surface area contributed by atoms with Crippen molar-refractivity contribution < 1.29 is 24.2 Å². The Balaban J connectivity index is 0.00000256. The van der Waals surface area contributed by atoms with Crippen LogP contribution in [0.15, 0.2) is 24.3 Å². The molecule has 0 atom stereocenters. The lowest BCUT2D eigenvalue weighted by Gasteiger charge is -2.06. The molecular formula is C9H16N2O5S. The van der Waals surface area contributed by atoms with E-state index >= 15 is 0 Å². The minimum Gasteiger partial charge on any atom is -0.412 e. The minimum atomic E-state index is -3.44. The van der Waals surface area contributed by atoms with Gasteiger partial charge in [-0.15, -0.1) is 0 Å². The van der Waals surface area contributed by atoms with Gasteiger partial charge in [-0.1, -0.05) is 12.1 Å². The van der Waals surface area contributed by atoms with E-state index in [1.165, 1.54) is 6.07 Å². The highest BCUT2D eigenvalue weighted by molar-refractivity contribution is 7.88. The molecular weight excluding hydrogens is 248 g/mol. The van der Waals surface area contributed by atoms with Crippen molar-refractivity contribution in [3.05, 3.63) is 29.8 Å². The molecule has 8 heteroatoms. The molecule has 0 saturated heterocycles. The summed E-state index contributed by atoms with van der Waals surface area (Å²) < 4.78 is 25.1. The third kappa shape index (κ3) is 5.61. The van der Waals surface area contributed by atoms with E-state index in [9.17, 15) is 8.42 Å². The highest BCUT2D eigenvalue weighted by Gasteiger charge is 2.10. The van der Waals surface area contributed by atoms with Crippen LogP contribution in [-0.2, 0) is 15.8 Å². The maximum absolute atomic E-state index is 11.5. The average Bonchev–Trinajstić information content (AvgIpc) is 2.26. The van der Waals surface area contributed by atoms with Gasteiger partial charge in [-0.25, -0.2) is 13.1 Å². The summed E-state index contributed by atoms with van der Waals surface area (Å²) in [5, 5.41) is 17.2. The SMILES string of the molecule is O.O=S(=O)(Cc1cccc(NO)c1)NCCO. The van der Waals surface area contributed by atoms with Crippen LogP contribution in [0, 0.1) is 0 Å². The fourth-order valence-electron chi connectivity index (χ4n) is 1.20. The Morgan fingerprint density at radius 1 is 1.29 bits per heavy atom. The van der Waals surface area contributed by atoms with E-state index in [0.29, 0.717) is 11.3 Å². The molecule has 0 saturated carbocycles. The van der Waals surface area contributed by atoms with Crippen molar-refractivity contribution in [2.45, 2.75) is 5.75 Å². The molecule has 0 aromatic heterocycles. The van der Waals surface area contributed by atoms with E-state index in [-0.39, 0.29) is 24.4 Å². The predicted octanol–water partition coefficient (Wildman–Crippen LogP) is -0.925. The zero-order valence-corrected chi connectivity index (χ0v) is 9.87. The molecule has 0 heterocycles. The van der Waals surface area contributed by atoms with Gasteiger partial charge in [0.15, 0.2) is 0 Å². The van der Waals surface area contributed by atoms with Crippen LogP contribution in [-0.4, -0.2) is 37.4 Å². The molecule has 7 nitrogen and oxygen atoms in total. The summed E-state index contributed by atoms with van der Waals surface area (Å²) in [7, 11) is -3.44. The molecule has 1 aromatic carbocycles. The van der Waals surface area contributed by atoms with Gasteiger partial charge in [0.05, 0.1) is 18.0 Å². The second kappa shape index (κ2) is 7.20. The van der Waals surface area contributed by atoms with E-state index < -0.39 is 10.0 Å². The molecule has 1 aromatic rings. The lowest BCUT2D eigenvalue weighted by molar-refractivity contribution is 0.301. The van der Waals surface area contributed by atoms with E-state index in [4.69, 9.17) is 10.3 Å². The molecule has 0 aliphatic rings. The van der Waals surface area contributed by atoms with Crippen molar-refractivity contribution >= 4 is 15.7 Å². The van der Waals surface area contributed by atoms with E-state index in [2.05, 4.69) is 4.72 Å². The van der Waals surface area contributed by atoms with Gasteiger partial charge in [-0.2, -0.15) is 0 Å². The zero-order chi connectivity index (χ0) is 12.0.